The van der Waals surface area contributed by atoms with Crippen molar-refractivity contribution >= 4 is 23.6 Å². The van der Waals surface area contributed by atoms with Crippen LogP contribution in [-0.4, -0.2) is 97.4 Å². The van der Waals surface area contributed by atoms with Gasteiger partial charge in [-0.05, 0) is 76.3 Å². The number of benzene rings is 1. The normalized spacial score (nSPS) is 20.6. The molecule has 9 nitrogen and oxygen atoms in total. The van der Waals surface area contributed by atoms with Crippen LogP contribution in [0.5, 0.6) is 0 Å². The molecule has 2 aliphatic rings. The maximum atomic E-state index is 12.7. The molecule has 1 aromatic carbocycles. The molecule has 1 aromatic rings. The maximum absolute atomic E-state index is 12.7. The van der Waals surface area contributed by atoms with Crippen LogP contribution in [0.4, 0.5) is 0 Å². The van der Waals surface area contributed by atoms with Gasteiger partial charge in [0.05, 0.1) is 18.2 Å². The molecule has 2 atom stereocenters. The number of hydrogen-bond acceptors (Lipinski definition) is 8. The van der Waals surface area contributed by atoms with E-state index in [1.807, 2.05) is 31.1 Å². The van der Waals surface area contributed by atoms with Crippen molar-refractivity contribution in [3.05, 3.63) is 35.4 Å². The Balaban J connectivity index is 0.000000347. The zero-order valence-corrected chi connectivity index (χ0v) is 26.9. The minimum atomic E-state index is -0.278. The first kappa shape index (κ1) is 35.6. The highest BCUT2D eigenvalue weighted by Crippen LogP contribution is 2.28. The first-order valence-corrected chi connectivity index (χ1v) is 16.6. The van der Waals surface area contributed by atoms with Crippen molar-refractivity contribution in [2.45, 2.75) is 63.7 Å². The van der Waals surface area contributed by atoms with E-state index >= 15 is 0 Å². The number of likely N-dealkylation sites (N-methyl/N-ethyl adjacent to an activating group) is 1. The molecule has 0 bridgehead atoms. The van der Waals surface area contributed by atoms with Crippen molar-refractivity contribution in [3.63, 3.8) is 0 Å². The van der Waals surface area contributed by atoms with E-state index in [1.54, 1.807) is 11.8 Å². The zero-order valence-electron chi connectivity index (χ0n) is 26.1. The molecule has 1 heterocycles. The van der Waals surface area contributed by atoms with Gasteiger partial charge in [0, 0.05) is 58.3 Å². The highest BCUT2D eigenvalue weighted by Gasteiger charge is 2.29. The summed E-state index contributed by atoms with van der Waals surface area (Å²) in [5.74, 6) is 0.632. The first-order chi connectivity index (χ1) is 20.3. The van der Waals surface area contributed by atoms with E-state index in [0.717, 1.165) is 83.5 Å². The van der Waals surface area contributed by atoms with Gasteiger partial charge in [0.25, 0.3) is 0 Å². The maximum Gasteiger partial charge on any atom is 0.237 e. The van der Waals surface area contributed by atoms with Gasteiger partial charge in [0.2, 0.25) is 11.8 Å². The van der Waals surface area contributed by atoms with Crippen LogP contribution in [0, 0.1) is 34.5 Å². The second-order valence-corrected chi connectivity index (χ2v) is 12.3. The Kier molecular flexibility index (Phi) is 16.5. The number of nitrogens with one attached hydrogen (secondary N) is 1. The van der Waals surface area contributed by atoms with E-state index in [-0.39, 0.29) is 35.4 Å². The average Bonchev–Trinajstić information content (AvgIpc) is 3.01. The lowest BCUT2D eigenvalue weighted by Crippen LogP contribution is -2.45. The van der Waals surface area contributed by atoms with Crippen molar-refractivity contribution in [2.24, 2.45) is 17.6 Å². The third kappa shape index (κ3) is 11.9. The molecule has 10 heteroatoms. The quantitative estimate of drug-likeness (QED) is 0.375. The summed E-state index contributed by atoms with van der Waals surface area (Å²) in [6.07, 6.45) is 6.86. The van der Waals surface area contributed by atoms with Gasteiger partial charge in [0.1, 0.15) is 11.7 Å². The van der Waals surface area contributed by atoms with E-state index in [0.29, 0.717) is 12.5 Å². The van der Waals surface area contributed by atoms with Gasteiger partial charge in [-0.15, -0.1) is 0 Å². The second kappa shape index (κ2) is 19.5. The predicted octanol–water partition coefficient (Wildman–Crippen LogP) is 3.42. The van der Waals surface area contributed by atoms with Crippen LogP contribution >= 0.6 is 11.8 Å². The number of piperazine rings is 1. The SMILES string of the molecule is CCN(CC)C(=O)C(SC)C(N)c1ccc(CCN2CCN(C)CC2)cc1.N#CCC(=O)NCC1CCC(C#N)CC1. The summed E-state index contributed by atoms with van der Waals surface area (Å²) in [7, 11) is 2.19. The van der Waals surface area contributed by atoms with E-state index in [2.05, 4.69) is 52.5 Å². The van der Waals surface area contributed by atoms with Crippen LogP contribution in [0.1, 0.15) is 63.1 Å². The fourth-order valence-electron chi connectivity index (χ4n) is 5.44. The Morgan fingerprint density at radius 3 is 2.21 bits per heavy atom. The van der Waals surface area contributed by atoms with Crippen molar-refractivity contribution in [1.82, 2.24) is 20.0 Å². The number of carbonyl (C=O) groups is 2. The Morgan fingerprint density at radius 1 is 1.07 bits per heavy atom. The summed E-state index contributed by atoms with van der Waals surface area (Å²) in [4.78, 5) is 30.5. The fourth-order valence-corrected chi connectivity index (χ4v) is 6.25. The van der Waals surface area contributed by atoms with Gasteiger partial charge in [-0.1, -0.05) is 24.3 Å². The summed E-state index contributed by atoms with van der Waals surface area (Å²) in [5, 5.41) is 19.5. The Labute approximate surface area is 257 Å². The average molecular weight is 598 g/mol. The van der Waals surface area contributed by atoms with Gasteiger partial charge >= 0.3 is 0 Å². The van der Waals surface area contributed by atoms with Crippen LogP contribution < -0.4 is 11.1 Å². The summed E-state index contributed by atoms with van der Waals surface area (Å²) >= 11 is 1.55. The standard InChI is InChI=1S/C21H36N4OS.C11H15N3O/c1-5-25(6-2)21(26)20(27-4)19(22)18-9-7-17(8-10-18)11-12-24-15-13-23(3)14-16-24;12-6-5-11(15)14-8-10-3-1-9(7-13)2-4-10/h7-10,19-20H,5-6,11-16,22H2,1-4H3;9-10H,1-5,8H2,(H,14,15). The number of rotatable bonds is 12. The largest absolute Gasteiger partial charge is 0.355 e. The van der Waals surface area contributed by atoms with Crippen molar-refractivity contribution < 1.29 is 9.59 Å². The molecule has 1 saturated carbocycles. The monoisotopic (exact) mass is 597 g/mol. The van der Waals surface area contributed by atoms with Gasteiger partial charge in [-0.2, -0.15) is 22.3 Å². The number of hydrogen-bond donors (Lipinski definition) is 2. The van der Waals surface area contributed by atoms with Crippen molar-refractivity contribution in [3.8, 4) is 12.1 Å². The molecular formula is C32H51N7O2S. The third-order valence-electron chi connectivity index (χ3n) is 8.43. The van der Waals surface area contributed by atoms with E-state index in [9.17, 15) is 9.59 Å². The molecular weight excluding hydrogens is 546 g/mol. The first-order valence-electron chi connectivity index (χ1n) is 15.4. The Morgan fingerprint density at radius 2 is 1.69 bits per heavy atom. The van der Waals surface area contributed by atoms with Crippen LogP contribution in [0.15, 0.2) is 24.3 Å². The zero-order chi connectivity index (χ0) is 30.9. The van der Waals surface area contributed by atoms with Gasteiger partial charge in [-0.25, -0.2) is 0 Å². The molecule has 42 heavy (non-hydrogen) atoms. The number of amides is 2. The second-order valence-electron chi connectivity index (χ2n) is 11.3. The number of nitrogens with two attached hydrogens (primary N) is 1. The Hall–Kier alpha value is -2.63. The molecule has 0 spiro atoms. The van der Waals surface area contributed by atoms with Crippen LogP contribution in [0.3, 0.4) is 0 Å². The highest BCUT2D eigenvalue weighted by atomic mass is 32.2. The molecule has 2 fully saturated rings. The van der Waals surface area contributed by atoms with Gasteiger partial charge < -0.3 is 25.8 Å². The summed E-state index contributed by atoms with van der Waals surface area (Å²) in [5.41, 5.74) is 8.84. The molecule has 0 radical (unpaired) electrons. The molecule has 3 N–H and O–H groups in total. The van der Waals surface area contributed by atoms with Crippen LogP contribution in [-0.2, 0) is 16.0 Å². The molecule has 1 aliphatic carbocycles. The smallest absolute Gasteiger partial charge is 0.237 e. The molecule has 2 amide bonds. The molecule has 0 aromatic heterocycles. The molecule has 2 unspecified atom stereocenters. The third-order valence-corrected chi connectivity index (χ3v) is 9.44. The van der Waals surface area contributed by atoms with Crippen molar-refractivity contribution in [2.75, 3.05) is 65.7 Å². The topological polar surface area (TPSA) is 129 Å². The lowest BCUT2D eigenvalue weighted by Gasteiger charge is -2.32. The van der Waals surface area contributed by atoms with Crippen molar-refractivity contribution in [1.29, 1.82) is 10.5 Å². The van der Waals surface area contributed by atoms with E-state index in [1.165, 1.54) is 5.56 Å². The molecule has 3 rings (SSSR count). The van der Waals surface area contributed by atoms with Crippen LogP contribution in [0.2, 0.25) is 0 Å². The van der Waals surface area contributed by atoms with Gasteiger partial charge in [-0.3, -0.25) is 9.59 Å². The lowest BCUT2D eigenvalue weighted by molar-refractivity contribution is -0.130. The summed E-state index contributed by atoms with van der Waals surface area (Å²) < 4.78 is 0. The fraction of sp³-hybridized carbons (Fsp3) is 0.688. The van der Waals surface area contributed by atoms with E-state index < -0.39 is 0 Å². The number of nitrogens with zero attached hydrogens (tertiary/aromatic N) is 5. The molecule has 232 valence electrons. The number of carbonyl (C=O) groups excluding carboxylic acids is 2. The highest BCUT2D eigenvalue weighted by molar-refractivity contribution is 8.00. The molecule has 1 saturated heterocycles. The summed E-state index contributed by atoms with van der Waals surface area (Å²) in [6, 6.07) is 12.4. The molecule has 1 aliphatic heterocycles. The minimum absolute atomic E-state index is 0.0620. The number of thioether (sulfide) groups is 1. The Bertz CT molecular complexity index is 1020. The van der Waals surface area contributed by atoms with Crippen LogP contribution in [0.25, 0.3) is 0 Å². The summed E-state index contributed by atoms with van der Waals surface area (Å²) in [6.45, 7) is 11.9. The lowest BCUT2D eigenvalue weighted by atomic mass is 9.83. The van der Waals surface area contributed by atoms with E-state index in [4.69, 9.17) is 16.3 Å². The van der Waals surface area contributed by atoms with Gasteiger partial charge in [0.15, 0.2) is 0 Å². The minimum Gasteiger partial charge on any atom is -0.355 e. The number of nitriles is 2. The predicted molar refractivity (Wildman–Crippen MR) is 171 cm³/mol.